The highest BCUT2D eigenvalue weighted by molar-refractivity contribution is 8.22. The van der Waals surface area contributed by atoms with Gasteiger partial charge in [0.2, 0.25) is 0 Å². The van der Waals surface area contributed by atoms with Gasteiger partial charge in [-0.15, -0.1) is 0 Å². The average Bonchev–Trinajstić information content (AvgIpc) is 2.98. The van der Waals surface area contributed by atoms with Crippen molar-refractivity contribution in [1.82, 2.24) is 4.90 Å². The maximum absolute atomic E-state index is 5.47. The standard InChI is InChI=1S/C14H19NO2S2/c1-16-12-5-6-13(17-2)11(9-12)10-19-14(18)15-7-3-4-8-15/h5-6,9H,3-4,7-8,10H2,1-2H3. The highest BCUT2D eigenvalue weighted by Crippen LogP contribution is 2.29. The van der Waals surface area contributed by atoms with E-state index in [2.05, 4.69) is 4.90 Å². The molecule has 0 bridgehead atoms. The van der Waals surface area contributed by atoms with Crippen molar-refractivity contribution in [1.29, 1.82) is 0 Å². The van der Waals surface area contributed by atoms with E-state index in [-0.39, 0.29) is 0 Å². The van der Waals surface area contributed by atoms with Gasteiger partial charge < -0.3 is 14.4 Å². The molecule has 0 unspecified atom stereocenters. The maximum atomic E-state index is 5.47. The number of rotatable bonds is 4. The molecule has 0 N–H and O–H groups in total. The number of hydrogen-bond donors (Lipinski definition) is 0. The minimum atomic E-state index is 0.815. The molecule has 0 aromatic heterocycles. The van der Waals surface area contributed by atoms with Crippen LogP contribution in [-0.4, -0.2) is 36.5 Å². The molecule has 3 nitrogen and oxygen atoms in total. The van der Waals surface area contributed by atoms with E-state index < -0.39 is 0 Å². The van der Waals surface area contributed by atoms with Crippen molar-refractivity contribution in [3.63, 3.8) is 0 Å². The number of likely N-dealkylation sites (tertiary alicyclic amines) is 1. The molecule has 0 aliphatic carbocycles. The lowest BCUT2D eigenvalue weighted by atomic mass is 10.2. The highest BCUT2D eigenvalue weighted by atomic mass is 32.2. The molecular weight excluding hydrogens is 278 g/mol. The Bertz CT molecular complexity index is 445. The second kappa shape index (κ2) is 7.01. The van der Waals surface area contributed by atoms with E-state index in [0.717, 1.165) is 40.2 Å². The molecule has 0 atom stereocenters. The van der Waals surface area contributed by atoms with Gasteiger partial charge in [0.15, 0.2) is 0 Å². The Morgan fingerprint density at radius 1 is 1.26 bits per heavy atom. The van der Waals surface area contributed by atoms with Crippen LogP contribution in [0.15, 0.2) is 18.2 Å². The molecule has 1 aliphatic heterocycles. The van der Waals surface area contributed by atoms with Crippen molar-refractivity contribution in [3.8, 4) is 11.5 Å². The molecule has 0 amide bonds. The van der Waals surface area contributed by atoms with E-state index in [1.807, 2.05) is 18.2 Å². The normalized spacial score (nSPS) is 14.5. The van der Waals surface area contributed by atoms with E-state index in [1.165, 1.54) is 12.8 Å². The van der Waals surface area contributed by atoms with Crippen LogP contribution in [0.2, 0.25) is 0 Å². The summed E-state index contributed by atoms with van der Waals surface area (Å²) in [5.41, 5.74) is 1.12. The van der Waals surface area contributed by atoms with Crippen LogP contribution in [0.4, 0.5) is 0 Å². The van der Waals surface area contributed by atoms with Crippen LogP contribution in [-0.2, 0) is 5.75 Å². The quantitative estimate of drug-likeness (QED) is 0.793. The van der Waals surface area contributed by atoms with Crippen molar-refractivity contribution in [2.45, 2.75) is 18.6 Å². The molecule has 1 heterocycles. The van der Waals surface area contributed by atoms with Gasteiger partial charge in [-0.2, -0.15) is 0 Å². The minimum Gasteiger partial charge on any atom is -0.497 e. The largest absolute Gasteiger partial charge is 0.497 e. The lowest BCUT2D eigenvalue weighted by molar-refractivity contribution is 0.400. The number of methoxy groups -OCH3 is 2. The summed E-state index contributed by atoms with van der Waals surface area (Å²) >= 11 is 7.17. The zero-order valence-corrected chi connectivity index (χ0v) is 13.0. The van der Waals surface area contributed by atoms with E-state index >= 15 is 0 Å². The van der Waals surface area contributed by atoms with Crippen molar-refractivity contribution >= 4 is 28.3 Å². The monoisotopic (exact) mass is 297 g/mol. The zero-order valence-electron chi connectivity index (χ0n) is 11.3. The first-order valence-electron chi connectivity index (χ1n) is 6.37. The molecule has 1 aliphatic rings. The van der Waals surface area contributed by atoms with Gasteiger partial charge in [0.05, 0.1) is 14.2 Å². The number of thiocarbonyl (C=S) groups is 1. The molecule has 1 aromatic carbocycles. The van der Waals surface area contributed by atoms with Gasteiger partial charge in [-0.3, -0.25) is 0 Å². The molecule has 5 heteroatoms. The number of thioether (sulfide) groups is 1. The van der Waals surface area contributed by atoms with Crippen molar-refractivity contribution in [3.05, 3.63) is 23.8 Å². The maximum Gasteiger partial charge on any atom is 0.136 e. The Morgan fingerprint density at radius 3 is 2.63 bits per heavy atom. The summed E-state index contributed by atoms with van der Waals surface area (Å²) in [6, 6.07) is 5.86. The molecule has 1 aromatic rings. The second-order valence-electron chi connectivity index (χ2n) is 4.43. The summed E-state index contributed by atoms with van der Waals surface area (Å²) in [4.78, 5) is 2.28. The number of benzene rings is 1. The van der Waals surface area contributed by atoms with E-state index in [1.54, 1.807) is 26.0 Å². The van der Waals surface area contributed by atoms with E-state index in [0.29, 0.717) is 0 Å². The third-order valence-electron chi connectivity index (χ3n) is 3.20. The van der Waals surface area contributed by atoms with Gasteiger partial charge in [0, 0.05) is 24.4 Å². The van der Waals surface area contributed by atoms with Gasteiger partial charge in [0.25, 0.3) is 0 Å². The molecule has 1 fully saturated rings. The summed E-state index contributed by atoms with van der Waals surface area (Å²) in [6.45, 7) is 2.20. The Hall–Kier alpha value is -0.940. The molecule has 104 valence electrons. The average molecular weight is 297 g/mol. The molecule has 0 radical (unpaired) electrons. The van der Waals surface area contributed by atoms with Crippen LogP contribution in [0.25, 0.3) is 0 Å². The van der Waals surface area contributed by atoms with Gasteiger partial charge in [-0.25, -0.2) is 0 Å². The van der Waals surface area contributed by atoms with Gasteiger partial charge >= 0.3 is 0 Å². The molecule has 19 heavy (non-hydrogen) atoms. The van der Waals surface area contributed by atoms with Crippen LogP contribution in [0.5, 0.6) is 11.5 Å². The third-order valence-corrected chi connectivity index (χ3v) is 4.78. The first-order chi connectivity index (χ1) is 9.24. The predicted octanol–water partition coefficient (Wildman–Crippen LogP) is 3.32. The molecule has 2 rings (SSSR count). The smallest absolute Gasteiger partial charge is 0.136 e. The van der Waals surface area contributed by atoms with Crippen LogP contribution in [0.1, 0.15) is 18.4 Å². The number of ether oxygens (including phenoxy) is 2. The van der Waals surface area contributed by atoms with Crippen molar-refractivity contribution in [2.24, 2.45) is 0 Å². The fraction of sp³-hybridized carbons (Fsp3) is 0.500. The summed E-state index contributed by atoms with van der Waals surface area (Å²) in [5, 5.41) is 0. The van der Waals surface area contributed by atoms with Crippen LogP contribution in [0, 0.1) is 0 Å². The highest BCUT2D eigenvalue weighted by Gasteiger charge is 2.16. The Balaban J connectivity index is 1.99. The summed E-state index contributed by atoms with van der Waals surface area (Å²) < 4.78 is 11.6. The molecule has 0 spiro atoms. The van der Waals surface area contributed by atoms with Crippen molar-refractivity contribution < 1.29 is 9.47 Å². The molecule has 0 saturated carbocycles. The summed E-state index contributed by atoms with van der Waals surface area (Å²) in [6.07, 6.45) is 2.51. The van der Waals surface area contributed by atoms with Gasteiger partial charge in [-0.05, 0) is 31.0 Å². The summed E-state index contributed by atoms with van der Waals surface area (Å²) in [5.74, 6) is 2.55. The number of nitrogens with zero attached hydrogens (tertiary/aromatic N) is 1. The topological polar surface area (TPSA) is 21.7 Å². The van der Waals surface area contributed by atoms with Crippen molar-refractivity contribution in [2.75, 3.05) is 27.3 Å². The Morgan fingerprint density at radius 2 is 2.00 bits per heavy atom. The summed E-state index contributed by atoms with van der Waals surface area (Å²) in [7, 11) is 3.36. The lowest BCUT2D eigenvalue weighted by Crippen LogP contribution is -2.23. The zero-order chi connectivity index (χ0) is 13.7. The van der Waals surface area contributed by atoms with Gasteiger partial charge in [0.1, 0.15) is 15.8 Å². The first kappa shape index (κ1) is 14.5. The fourth-order valence-electron chi connectivity index (χ4n) is 2.13. The predicted molar refractivity (Wildman–Crippen MR) is 84.2 cm³/mol. The van der Waals surface area contributed by atoms with E-state index in [9.17, 15) is 0 Å². The molecule has 1 saturated heterocycles. The van der Waals surface area contributed by atoms with Crippen LogP contribution < -0.4 is 9.47 Å². The lowest BCUT2D eigenvalue weighted by Gasteiger charge is -2.18. The van der Waals surface area contributed by atoms with Crippen LogP contribution >= 0.6 is 24.0 Å². The fourth-order valence-corrected chi connectivity index (χ4v) is 3.35. The third kappa shape index (κ3) is 3.76. The SMILES string of the molecule is COc1ccc(OC)c(CSC(=S)N2CCCC2)c1. The first-order valence-corrected chi connectivity index (χ1v) is 7.76. The number of hydrogen-bond acceptors (Lipinski definition) is 4. The molecular formula is C14H19NO2S2. The van der Waals surface area contributed by atoms with E-state index in [4.69, 9.17) is 21.7 Å². The Kier molecular flexibility index (Phi) is 5.34. The van der Waals surface area contributed by atoms with Gasteiger partial charge in [-0.1, -0.05) is 24.0 Å². The Labute approximate surface area is 124 Å². The van der Waals surface area contributed by atoms with Crippen LogP contribution in [0.3, 0.4) is 0 Å². The minimum absolute atomic E-state index is 0.815. The second-order valence-corrected chi connectivity index (χ2v) is 6.04.